The molecule has 65 heavy (non-hydrogen) atoms. The lowest BCUT2D eigenvalue weighted by Gasteiger charge is -2.11. The van der Waals surface area contributed by atoms with Gasteiger partial charge in [0.25, 0.3) is 5.91 Å². The van der Waals surface area contributed by atoms with E-state index in [0.717, 1.165) is 111 Å². The summed E-state index contributed by atoms with van der Waals surface area (Å²) < 4.78 is 0. The smallest absolute Gasteiger partial charge is 0.255 e. The van der Waals surface area contributed by atoms with E-state index >= 15 is 0 Å². The van der Waals surface area contributed by atoms with E-state index in [2.05, 4.69) is 147 Å². The number of fused-ring (bicyclic) bond motifs is 11. The van der Waals surface area contributed by atoms with Gasteiger partial charge in [-0.3, -0.25) is 14.8 Å². The number of benzene rings is 5. The fraction of sp³-hybridized carbons (Fsp3) is 0. The Morgan fingerprint density at radius 3 is 1.29 bits per heavy atom. The zero-order valence-electron chi connectivity index (χ0n) is 34.8. The number of aromatic amines is 2. The van der Waals surface area contributed by atoms with E-state index in [1.54, 1.807) is 12.4 Å². The Morgan fingerprint density at radius 1 is 0.415 bits per heavy atom. The summed E-state index contributed by atoms with van der Waals surface area (Å²) in [4.78, 5) is 41.6. The molecule has 3 N–H and O–H groups in total. The van der Waals surface area contributed by atoms with Crippen LogP contribution < -0.4 is 5.32 Å². The Hall–Kier alpha value is -9.01. The summed E-state index contributed by atoms with van der Waals surface area (Å²) >= 11 is 0. The highest BCUT2D eigenvalue weighted by atomic mass is 16.1. The Kier molecular flexibility index (Phi) is 9.12. The van der Waals surface area contributed by atoms with Gasteiger partial charge in [-0.25, -0.2) is 9.97 Å². The summed E-state index contributed by atoms with van der Waals surface area (Å²) in [6.45, 7) is 0. The van der Waals surface area contributed by atoms with Gasteiger partial charge in [0.05, 0.1) is 39.5 Å². The average Bonchev–Trinajstić information content (AvgIpc) is 4.22. The highest BCUT2D eigenvalue weighted by Crippen LogP contribution is 2.39. The predicted octanol–water partition coefficient (Wildman–Crippen LogP) is 13.7. The SMILES string of the molecule is O=C(Nc1cc2cccnc2c2ncccc12)c1ccc(-c2c3nc(c(-c4ccccc4)c4ccc([nH]4)c(-c4ccccc4)c4nc(c(-c5ccccc5)c5ccc2[nH]5)C=C4)C=C3)cc1. The number of hydrogen-bond acceptors (Lipinski definition) is 5. The number of hydrogen-bond donors (Lipinski definition) is 3. The first-order chi connectivity index (χ1) is 32.1. The van der Waals surface area contributed by atoms with Crippen molar-refractivity contribution in [1.29, 1.82) is 0 Å². The lowest BCUT2D eigenvalue weighted by molar-refractivity contribution is 0.102. The molecule has 0 spiro atoms. The van der Waals surface area contributed by atoms with Crippen LogP contribution in [0.15, 0.2) is 182 Å². The van der Waals surface area contributed by atoms with Crippen LogP contribution in [0.5, 0.6) is 0 Å². The van der Waals surface area contributed by atoms with Gasteiger partial charge in [0, 0.05) is 73.1 Å². The molecule has 0 aliphatic carbocycles. The first kappa shape index (κ1) is 37.7. The van der Waals surface area contributed by atoms with Crippen molar-refractivity contribution in [1.82, 2.24) is 29.9 Å². The molecule has 306 valence electrons. The van der Waals surface area contributed by atoms with Crippen LogP contribution in [-0.4, -0.2) is 35.8 Å². The van der Waals surface area contributed by atoms with E-state index in [1.165, 1.54) is 0 Å². The Morgan fingerprint density at radius 2 is 0.831 bits per heavy atom. The van der Waals surface area contributed by atoms with E-state index in [9.17, 15) is 4.79 Å². The maximum absolute atomic E-state index is 14.0. The van der Waals surface area contributed by atoms with E-state index in [4.69, 9.17) is 9.97 Å². The van der Waals surface area contributed by atoms with Gasteiger partial charge < -0.3 is 15.3 Å². The molecule has 0 atom stereocenters. The lowest BCUT2D eigenvalue weighted by Crippen LogP contribution is -2.12. The van der Waals surface area contributed by atoms with Crippen LogP contribution in [0.3, 0.4) is 0 Å². The summed E-state index contributed by atoms with van der Waals surface area (Å²) in [6, 6.07) is 57.1. The van der Waals surface area contributed by atoms with Crippen LogP contribution in [-0.2, 0) is 0 Å². The molecule has 2 aliphatic rings. The van der Waals surface area contributed by atoms with Crippen molar-refractivity contribution >= 4 is 79.8 Å². The molecule has 7 heterocycles. The summed E-state index contributed by atoms with van der Waals surface area (Å²) in [7, 11) is 0. The molecule has 0 fully saturated rings. The van der Waals surface area contributed by atoms with E-state index in [1.807, 2.05) is 72.8 Å². The van der Waals surface area contributed by atoms with Crippen LogP contribution in [0.2, 0.25) is 0 Å². The maximum Gasteiger partial charge on any atom is 0.255 e. The number of H-pyrrole nitrogens is 2. The average molecular weight is 836 g/mol. The molecule has 1 amide bonds. The molecule has 5 aromatic carbocycles. The number of pyridine rings is 2. The number of aromatic nitrogens is 6. The molecule has 8 nitrogen and oxygen atoms in total. The minimum atomic E-state index is -0.229. The summed E-state index contributed by atoms with van der Waals surface area (Å²) in [6.07, 6.45) is 11.9. The number of nitrogens with one attached hydrogen (secondary N) is 3. The van der Waals surface area contributed by atoms with Gasteiger partial charge >= 0.3 is 0 Å². The molecule has 8 heteroatoms. The van der Waals surface area contributed by atoms with Gasteiger partial charge in [-0.15, -0.1) is 0 Å². The van der Waals surface area contributed by atoms with Gasteiger partial charge in [0.15, 0.2) is 0 Å². The third kappa shape index (κ3) is 6.77. The monoisotopic (exact) mass is 835 g/mol. The highest BCUT2D eigenvalue weighted by Gasteiger charge is 2.20. The molecule has 0 unspecified atom stereocenters. The first-order valence-electron chi connectivity index (χ1n) is 21.5. The summed E-state index contributed by atoms with van der Waals surface area (Å²) in [5, 5.41) is 4.89. The fourth-order valence-corrected chi connectivity index (χ4v) is 9.10. The van der Waals surface area contributed by atoms with Crippen LogP contribution in [0.4, 0.5) is 5.69 Å². The van der Waals surface area contributed by atoms with Crippen LogP contribution >= 0.6 is 0 Å². The third-order valence-corrected chi connectivity index (χ3v) is 12.1. The van der Waals surface area contributed by atoms with E-state index in [0.29, 0.717) is 11.3 Å². The van der Waals surface area contributed by atoms with Crippen molar-refractivity contribution in [3.63, 3.8) is 0 Å². The molecule has 12 rings (SSSR count). The van der Waals surface area contributed by atoms with Crippen molar-refractivity contribution in [3.05, 3.63) is 211 Å². The zero-order valence-corrected chi connectivity index (χ0v) is 34.8. The van der Waals surface area contributed by atoms with Gasteiger partial charge in [-0.05, 0) is 107 Å². The molecular weight excluding hydrogens is 799 g/mol. The normalized spacial score (nSPS) is 11.9. The zero-order chi connectivity index (χ0) is 43.3. The molecule has 8 bridgehead atoms. The Bertz CT molecular complexity index is 3700. The lowest BCUT2D eigenvalue weighted by atomic mass is 10.0. The van der Waals surface area contributed by atoms with Crippen molar-refractivity contribution < 1.29 is 4.79 Å². The third-order valence-electron chi connectivity index (χ3n) is 12.1. The highest BCUT2D eigenvalue weighted by molar-refractivity contribution is 6.15. The second-order valence-corrected chi connectivity index (χ2v) is 16.0. The van der Waals surface area contributed by atoms with Crippen LogP contribution in [0, 0.1) is 0 Å². The molecule has 5 aromatic heterocycles. The predicted molar refractivity (Wildman–Crippen MR) is 266 cm³/mol. The molecule has 2 aliphatic heterocycles. The number of carbonyl (C=O) groups excluding carboxylic acids is 1. The van der Waals surface area contributed by atoms with Crippen LogP contribution in [0.25, 0.3) is 113 Å². The van der Waals surface area contributed by atoms with Gasteiger partial charge in [-0.1, -0.05) is 109 Å². The largest absolute Gasteiger partial charge is 0.354 e. The topological polar surface area (TPSA) is 112 Å². The molecule has 0 saturated carbocycles. The van der Waals surface area contributed by atoms with Gasteiger partial charge in [0.1, 0.15) is 0 Å². The van der Waals surface area contributed by atoms with Gasteiger partial charge in [0.2, 0.25) is 0 Å². The minimum Gasteiger partial charge on any atom is -0.354 e. The van der Waals surface area contributed by atoms with Crippen molar-refractivity contribution in [3.8, 4) is 44.5 Å². The summed E-state index contributed by atoms with van der Waals surface area (Å²) in [5.74, 6) is -0.229. The number of amides is 1. The van der Waals surface area contributed by atoms with Gasteiger partial charge in [-0.2, -0.15) is 0 Å². The van der Waals surface area contributed by atoms with Crippen molar-refractivity contribution in [2.75, 3.05) is 5.32 Å². The summed E-state index contributed by atoms with van der Waals surface area (Å²) in [5.41, 5.74) is 17.6. The molecule has 0 saturated heterocycles. The first-order valence-corrected chi connectivity index (χ1v) is 21.5. The maximum atomic E-state index is 14.0. The minimum absolute atomic E-state index is 0.229. The number of nitrogens with zero attached hydrogens (tertiary/aromatic N) is 4. The second kappa shape index (κ2) is 15.7. The van der Waals surface area contributed by atoms with Crippen molar-refractivity contribution in [2.45, 2.75) is 0 Å². The number of rotatable bonds is 6. The fourth-order valence-electron chi connectivity index (χ4n) is 9.10. The standard InChI is InChI=1S/C57H37N7O/c65-57(64-50-34-40-18-10-32-58-55(40)56-41(50)19-11-33-59-56)39-22-20-38(21-23-39)54-48-30-28-46(62-48)52(36-14-6-2-7-15-36)44-26-24-42(60-44)51(35-12-4-1-5-13-35)43-25-27-45(61-43)53(37-16-8-3-9-17-37)47-29-31-49(54)63-47/h1-34,60,63H,(H,64,65). The Balaban J connectivity index is 1.08. The number of carbonyl (C=O) groups is 1. The quantitative estimate of drug-likeness (QED) is 0.144. The number of anilines is 1. The molecule has 10 aromatic rings. The molecular formula is C57H37N7O. The second-order valence-electron chi connectivity index (χ2n) is 16.0. The Labute approximate surface area is 373 Å². The van der Waals surface area contributed by atoms with E-state index < -0.39 is 0 Å². The van der Waals surface area contributed by atoms with Crippen LogP contribution in [0.1, 0.15) is 33.1 Å². The van der Waals surface area contributed by atoms with Crippen molar-refractivity contribution in [2.24, 2.45) is 0 Å². The van der Waals surface area contributed by atoms with E-state index in [-0.39, 0.29) is 5.91 Å². The molecule has 0 radical (unpaired) electrons.